The van der Waals surface area contributed by atoms with Crippen LogP contribution in [0.2, 0.25) is 0 Å². The van der Waals surface area contributed by atoms with E-state index in [0.29, 0.717) is 5.92 Å². The van der Waals surface area contributed by atoms with Crippen molar-refractivity contribution in [3.05, 3.63) is 18.2 Å². The molecule has 1 saturated carbocycles. The number of ether oxygens (including phenoxy) is 2. The molecule has 1 fully saturated rings. The van der Waals surface area contributed by atoms with Crippen molar-refractivity contribution >= 4 is 0 Å². The van der Waals surface area contributed by atoms with Crippen LogP contribution in [-0.4, -0.2) is 29.8 Å². The van der Waals surface area contributed by atoms with Crippen molar-refractivity contribution in [2.45, 2.75) is 31.7 Å². The maximum Gasteiger partial charge on any atom is 0.200 e. The van der Waals surface area contributed by atoms with Crippen LogP contribution in [0, 0.1) is 5.92 Å². The van der Waals surface area contributed by atoms with Crippen molar-refractivity contribution in [1.82, 2.24) is 9.55 Å². The van der Waals surface area contributed by atoms with Gasteiger partial charge in [0, 0.05) is 26.8 Å². The Hall–Kier alpha value is -0.910. The summed E-state index contributed by atoms with van der Waals surface area (Å²) in [6.07, 6.45) is 5.68. The van der Waals surface area contributed by atoms with E-state index < -0.39 is 0 Å². The molecule has 0 aliphatic heterocycles. The Morgan fingerprint density at radius 2 is 2.19 bits per heavy atom. The van der Waals surface area contributed by atoms with Gasteiger partial charge < -0.3 is 19.8 Å². The molecule has 0 radical (unpaired) electrons. The normalized spacial score (nSPS) is 18.0. The van der Waals surface area contributed by atoms with E-state index in [4.69, 9.17) is 15.2 Å². The van der Waals surface area contributed by atoms with Crippen molar-refractivity contribution in [3.63, 3.8) is 0 Å². The molecule has 90 valence electrons. The minimum absolute atomic E-state index is 0.210. The Kier molecular flexibility index (Phi) is 3.58. The lowest BCUT2D eigenvalue weighted by Crippen LogP contribution is -2.29. The zero-order chi connectivity index (χ0) is 11.5. The topological polar surface area (TPSA) is 62.3 Å². The Balaban J connectivity index is 2.05. The molecule has 0 bridgehead atoms. The predicted octanol–water partition coefficient (Wildman–Crippen LogP) is 0.912. The van der Waals surface area contributed by atoms with E-state index >= 15 is 0 Å². The molecule has 1 aliphatic rings. The predicted molar refractivity (Wildman–Crippen MR) is 59.7 cm³/mol. The van der Waals surface area contributed by atoms with Gasteiger partial charge in [-0.15, -0.1) is 0 Å². The summed E-state index contributed by atoms with van der Waals surface area (Å²) in [6.45, 7) is 0.781. The molecule has 1 atom stereocenters. The first-order valence-corrected chi connectivity index (χ1v) is 5.57. The maximum atomic E-state index is 6.09. The van der Waals surface area contributed by atoms with Gasteiger partial charge in [0.05, 0.1) is 18.2 Å². The highest BCUT2D eigenvalue weighted by molar-refractivity contribution is 5.01. The lowest BCUT2D eigenvalue weighted by atomic mass is 10.2. The van der Waals surface area contributed by atoms with Crippen molar-refractivity contribution < 1.29 is 9.47 Å². The maximum absolute atomic E-state index is 6.09. The fraction of sp³-hybridized carbons (Fsp3) is 0.727. The van der Waals surface area contributed by atoms with E-state index in [2.05, 4.69) is 4.98 Å². The summed E-state index contributed by atoms with van der Waals surface area (Å²) in [4.78, 5) is 4.12. The van der Waals surface area contributed by atoms with Crippen LogP contribution in [0.15, 0.2) is 12.5 Å². The van der Waals surface area contributed by atoms with Gasteiger partial charge in [-0.1, -0.05) is 0 Å². The lowest BCUT2D eigenvalue weighted by molar-refractivity contribution is -0.110. The first-order chi connectivity index (χ1) is 7.76. The number of nitrogens with zero attached hydrogens (tertiary/aromatic N) is 2. The Labute approximate surface area is 95.6 Å². The lowest BCUT2D eigenvalue weighted by Gasteiger charge is -2.18. The van der Waals surface area contributed by atoms with Crippen LogP contribution in [0.1, 0.15) is 24.8 Å². The number of nitrogens with two attached hydrogens (primary N) is 1. The number of rotatable bonds is 6. The molecule has 1 aromatic rings. The van der Waals surface area contributed by atoms with E-state index in [1.807, 2.05) is 4.57 Å². The third-order valence-corrected chi connectivity index (χ3v) is 3.05. The molecular formula is C11H19N3O2. The number of imidazole rings is 1. The molecule has 16 heavy (non-hydrogen) atoms. The Bertz CT molecular complexity index is 332. The van der Waals surface area contributed by atoms with Gasteiger partial charge in [0.2, 0.25) is 0 Å². The van der Waals surface area contributed by atoms with E-state index in [1.54, 1.807) is 26.7 Å². The minimum atomic E-state index is -0.367. The van der Waals surface area contributed by atoms with Crippen LogP contribution in [-0.2, 0) is 16.0 Å². The van der Waals surface area contributed by atoms with Gasteiger partial charge in [0.1, 0.15) is 0 Å². The fourth-order valence-electron chi connectivity index (χ4n) is 1.92. The number of hydrogen-bond donors (Lipinski definition) is 1. The summed E-state index contributed by atoms with van der Waals surface area (Å²) in [5.41, 5.74) is 7.01. The molecule has 0 amide bonds. The highest BCUT2D eigenvalue weighted by atomic mass is 16.7. The average molecular weight is 225 g/mol. The molecule has 1 unspecified atom stereocenters. The van der Waals surface area contributed by atoms with E-state index in [-0.39, 0.29) is 12.3 Å². The summed E-state index contributed by atoms with van der Waals surface area (Å²) in [5.74, 6) is 0.679. The third kappa shape index (κ3) is 2.42. The van der Waals surface area contributed by atoms with Crippen molar-refractivity contribution in [2.24, 2.45) is 11.7 Å². The molecule has 5 nitrogen and oxygen atoms in total. The monoisotopic (exact) mass is 225 g/mol. The molecule has 1 aliphatic carbocycles. The van der Waals surface area contributed by atoms with Crippen molar-refractivity contribution in [3.8, 4) is 0 Å². The smallest absolute Gasteiger partial charge is 0.200 e. The van der Waals surface area contributed by atoms with E-state index in [9.17, 15) is 0 Å². The molecule has 0 spiro atoms. The van der Waals surface area contributed by atoms with Gasteiger partial charge in [0.25, 0.3) is 0 Å². The largest absolute Gasteiger partial charge is 0.350 e. The van der Waals surface area contributed by atoms with Crippen LogP contribution < -0.4 is 5.73 Å². The second-order valence-electron chi connectivity index (χ2n) is 4.28. The van der Waals surface area contributed by atoms with Gasteiger partial charge in [-0.3, -0.25) is 0 Å². The first kappa shape index (κ1) is 11.6. The molecule has 5 heteroatoms. The van der Waals surface area contributed by atoms with Gasteiger partial charge in [-0.25, -0.2) is 4.98 Å². The van der Waals surface area contributed by atoms with E-state index in [1.165, 1.54) is 12.8 Å². The SMILES string of the molecule is COC(OC)c1cncn1CC(N)C1CC1. The van der Waals surface area contributed by atoms with Crippen LogP contribution in [0.5, 0.6) is 0 Å². The van der Waals surface area contributed by atoms with Crippen molar-refractivity contribution in [2.75, 3.05) is 14.2 Å². The summed E-state index contributed by atoms with van der Waals surface area (Å²) in [6, 6.07) is 0.210. The molecular weight excluding hydrogens is 206 g/mol. The summed E-state index contributed by atoms with van der Waals surface area (Å²) < 4.78 is 12.5. The van der Waals surface area contributed by atoms with Gasteiger partial charge in [0.15, 0.2) is 6.29 Å². The van der Waals surface area contributed by atoms with Gasteiger partial charge in [-0.05, 0) is 18.8 Å². The highest BCUT2D eigenvalue weighted by Crippen LogP contribution is 2.32. The summed E-state index contributed by atoms with van der Waals surface area (Å²) >= 11 is 0. The minimum Gasteiger partial charge on any atom is -0.350 e. The number of methoxy groups -OCH3 is 2. The summed E-state index contributed by atoms with van der Waals surface area (Å²) in [5, 5.41) is 0. The number of aromatic nitrogens is 2. The number of hydrogen-bond acceptors (Lipinski definition) is 4. The molecule has 2 rings (SSSR count). The zero-order valence-electron chi connectivity index (χ0n) is 9.80. The van der Waals surface area contributed by atoms with Crippen LogP contribution >= 0.6 is 0 Å². The second kappa shape index (κ2) is 4.95. The molecule has 2 N–H and O–H groups in total. The standard InChI is InChI=1S/C11H19N3O2/c1-15-11(16-2)10-5-13-7-14(10)6-9(12)8-3-4-8/h5,7-9,11H,3-4,6,12H2,1-2H3. The van der Waals surface area contributed by atoms with Crippen LogP contribution in [0.3, 0.4) is 0 Å². The van der Waals surface area contributed by atoms with Crippen molar-refractivity contribution in [1.29, 1.82) is 0 Å². The Morgan fingerprint density at radius 3 is 2.75 bits per heavy atom. The van der Waals surface area contributed by atoms with Gasteiger partial charge in [-0.2, -0.15) is 0 Å². The molecule has 1 aromatic heterocycles. The molecule has 1 heterocycles. The van der Waals surface area contributed by atoms with E-state index in [0.717, 1.165) is 12.2 Å². The highest BCUT2D eigenvalue weighted by Gasteiger charge is 2.29. The third-order valence-electron chi connectivity index (χ3n) is 3.05. The average Bonchev–Trinajstić information content (AvgIpc) is 3.04. The molecule has 0 saturated heterocycles. The fourth-order valence-corrected chi connectivity index (χ4v) is 1.92. The molecule has 0 aromatic carbocycles. The van der Waals surface area contributed by atoms with Crippen LogP contribution in [0.25, 0.3) is 0 Å². The first-order valence-electron chi connectivity index (χ1n) is 5.57. The summed E-state index contributed by atoms with van der Waals surface area (Å²) in [7, 11) is 3.23. The van der Waals surface area contributed by atoms with Crippen LogP contribution in [0.4, 0.5) is 0 Å². The Morgan fingerprint density at radius 1 is 1.50 bits per heavy atom. The van der Waals surface area contributed by atoms with Gasteiger partial charge >= 0.3 is 0 Å². The zero-order valence-corrected chi connectivity index (χ0v) is 9.80. The second-order valence-corrected chi connectivity index (χ2v) is 4.28. The quantitative estimate of drug-likeness (QED) is 0.731.